The third-order valence-corrected chi connectivity index (χ3v) is 4.12. The van der Waals surface area contributed by atoms with E-state index in [1.165, 1.54) is 0 Å². The number of nitrogens with one attached hydrogen (secondary N) is 2. The zero-order chi connectivity index (χ0) is 13.9. The van der Waals surface area contributed by atoms with Gasteiger partial charge in [0.2, 0.25) is 5.91 Å². The van der Waals surface area contributed by atoms with Crippen LogP contribution in [0.15, 0.2) is 30.3 Å². The molecule has 0 spiro atoms. The van der Waals surface area contributed by atoms with Gasteiger partial charge >= 0.3 is 0 Å². The van der Waals surface area contributed by atoms with Crippen LogP contribution in [0.3, 0.4) is 0 Å². The van der Waals surface area contributed by atoms with Crippen LogP contribution in [-0.4, -0.2) is 49.4 Å². The summed E-state index contributed by atoms with van der Waals surface area (Å²) in [7, 11) is 0. The Kier molecular flexibility index (Phi) is 3.80. The zero-order valence-corrected chi connectivity index (χ0v) is 11.3. The van der Waals surface area contributed by atoms with Crippen LogP contribution in [0.5, 0.6) is 0 Å². The standard InChI is InChI=1S/C15H19N3O2/c19-14(17-15(20)11-4-2-1-3-5-11)10-18-8-12-6-16-7-13(12)9-18/h1-5,12-13,16H,6-10H2,(H,17,19,20). The molecular formula is C15H19N3O2. The fraction of sp³-hybridized carbons (Fsp3) is 0.467. The van der Waals surface area contributed by atoms with E-state index < -0.39 is 0 Å². The van der Waals surface area contributed by atoms with Crippen molar-refractivity contribution in [3.63, 3.8) is 0 Å². The van der Waals surface area contributed by atoms with Crippen molar-refractivity contribution in [1.82, 2.24) is 15.5 Å². The monoisotopic (exact) mass is 273 g/mol. The maximum atomic E-state index is 11.9. The van der Waals surface area contributed by atoms with Gasteiger partial charge in [-0.25, -0.2) is 0 Å². The van der Waals surface area contributed by atoms with Crippen LogP contribution < -0.4 is 10.6 Å². The highest BCUT2D eigenvalue weighted by Crippen LogP contribution is 2.25. The molecule has 5 nitrogen and oxygen atoms in total. The van der Waals surface area contributed by atoms with Gasteiger partial charge in [-0.1, -0.05) is 18.2 Å². The number of fused-ring (bicyclic) bond motifs is 1. The normalized spacial score (nSPS) is 25.4. The van der Waals surface area contributed by atoms with Gasteiger partial charge in [0.25, 0.3) is 5.91 Å². The van der Waals surface area contributed by atoms with E-state index in [1.54, 1.807) is 24.3 Å². The first-order valence-electron chi connectivity index (χ1n) is 7.04. The number of hydrogen-bond acceptors (Lipinski definition) is 4. The van der Waals surface area contributed by atoms with Crippen LogP contribution in [-0.2, 0) is 4.79 Å². The lowest BCUT2D eigenvalue weighted by atomic mass is 10.0. The Labute approximate surface area is 118 Å². The highest BCUT2D eigenvalue weighted by molar-refractivity contribution is 6.05. The van der Waals surface area contributed by atoms with Gasteiger partial charge in [-0.3, -0.25) is 19.8 Å². The van der Waals surface area contributed by atoms with E-state index >= 15 is 0 Å². The number of nitrogens with zero attached hydrogens (tertiary/aromatic N) is 1. The van der Waals surface area contributed by atoms with Crippen molar-refractivity contribution < 1.29 is 9.59 Å². The number of benzene rings is 1. The fourth-order valence-electron chi connectivity index (χ4n) is 3.11. The third kappa shape index (κ3) is 2.89. The second kappa shape index (κ2) is 5.73. The number of amides is 2. The molecule has 2 saturated heterocycles. The second-order valence-electron chi connectivity index (χ2n) is 5.62. The number of imide groups is 1. The number of likely N-dealkylation sites (tertiary alicyclic amines) is 1. The zero-order valence-electron chi connectivity index (χ0n) is 11.3. The van der Waals surface area contributed by atoms with Gasteiger partial charge in [0.05, 0.1) is 6.54 Å². The van der Waals surface area contributed by atoms with Gasteiger partial charge in [-0.05, 0) is 37.1 Å². The summed E-state index contributed by atoms with van der Waals surface area (Å²) < 4.78 is 0. The second-order valence-corrected chi connectivity index (χ2v) is 5.62. The largest absolute Gasteiger partial charge is 0.316 e. The molecule has 2 amide bonds. The van der Waals surface area contributed by atoms with Crippen LogP contribution in [0.25, 0.3) is 0 Å². The molecule has 0 aliphatic carbocycles. The first-order valence-corrected chi connectivity index (χ1v) is 7.04. The summed E-state index contributed by atoms with van der Waals surface area (Å²) in [6.45, 7) is 4.30. The highest BCUT2D eigenvalue weighted by Gasteiger charge is 2.36. The predicted octanol–water partition coefficient (Wildman–Crippen LogP) is 0.0942. The molecule has 1 aromatic carbocycles. The summed E-state index contributed by atoms with van der Waals surface area (Å²) in [5, 5.41) is 5.82. The van der Waals surface area contributed by atoms with Crippen molar-refractivity contribution in [3.05, 3.63) is 35.9 Å². The van der Waals surface area contributed by atoms with Crippen LogP contribution in [0.2, 0.25) is 0 Å². The van der Waals surface area contributed by atoms with E-state index in [9.17, 15) is 9.59 Å². The lowest BCUT2D eigenvalue weighted by molar-refractivity contribution is -0.121. The minimum atomic E-state index is -0.323. The molecule has 2 aliphatic heterocycles. The Morgan fingerprint density at radius 1 is 1.15 bits per heavy atom. The minimum Gasteiger partial charge on any atom is -0.316 e. The molecule has 2 heterocycles. The van der Waals surface area contributed by atoms with Gasteiger partial charge < -0.3 is 5.32 Å². The maximum absolute atomic E-state index is 11.9. The van der Waals surface area contributed by atoms with Crippen molar-refractivity contribution in [3.8, 4) is 0 Å². The van der Waals surface area contributed by atoms with Gasteiger partial charge in [0.1, 0.15) is 0 Å². The molecule has 2 aliphatic rings. The number of hydrogen-bond donors (Lipinski definition) is 2. The molecule has 106 valence electrons. The number of carbonyl (C=O) groups excluding carboxylic acids is 2. The SMILES string of the molecule is O=C(CN1CC2CNCC2C1)NC(=O)c1ccccc1. The van der Waals surface area contributed by atoms with E-state index in [4.69, 9.17) is 0 Å². The Balaban J connectivity index is 1.49. The van der Waals surface area contributed by atoms with Crippen LogP contribution in [0.1, 0.15) is 10.4 Å². The van der Waals surface area contributed by atoms with Gasteiger partial charge in [-0.2, -0.15) is 0 Å². The lowest BCUT2D eigenvalue weighted by Gasteiger charge is -2.15. The molecule has 2 atom stereocenters. The molecule has 0 saturated carbocycles. The van der Waals surface area contributed by atoms with Gasteiger partial charge in [0.15, 0.2) is 0 Å². The molecule has 2 fully saturated rings. The van der Waals surface area contributed by atoms with E-state index in [2.05, 4.69) is 15.5 Å². The van der Waals surface area contributed by atoms with Crippen LogP contribution in [0.4, 0.5) is 0 Å². The molecule has 0 radical (unpaired) electrons. The van der Waals surface area contributed by atoms with Crippen molar-refractivity contribution >= 4 is 11.8 Å². The number of rotatable bonds is 3. The Bertz CT molecular complexity index is 491. The predicted molar refractivity (Wildman–Crippen MR) is 75.2 cm³/mol. The van der Waals surface area contributed by atoms with Gasteiger partial charge in [-0.15, -0.1) is 0 Å². The Morgan fingerprint density at radius 2 is 1.80 bits per heavy atom. The molecule has 0 aromatic heterocycles. The summed E-state index contributed by atoms with van der Waals surface area (Å²) in [6.07, 6.45) is 0. The van der Waals surface area contributed by atoms with Crippen molar-refractivity contribution in [1.29, 1.82) is 0 Å². The number of carbonyl (C=O) groups is 2. The average Bonchev–Trinajstić information content (AvgIpc) is 3.00. The van der Waals surface area contributed by atoms with Crippen molar-refractivity contribution in [2.45, 2.75) is 0 Å². The Hall–Kier alpha value is -1.72. The van der Waals surface area contributed by atoms with Crippen molar-refractivity contribution in [2.75, 3.05) is 32.7 Å². The van der Waals surface area contributed by atoms with Crippen LogP contribution >= 0.6 is 0 Å². The molecule has 20 heavy (non-hydrogen) atoms. The first-order chi connectivity index (χ1) is 9.72. The van der Waals surface area contributed by atoms with Crippen molar-refractivity contribution in [2.24, 2.45) is 11.8 Å². The quantitative estimate of drug-likeness (QED) is 0.819. The lowest BCUT2D eigenvalue weighted by Crippen LogP contribution is -2.40. The molecule has 0 bridgehead atoms. The minimum absolute atomic E-state index is 0.216. The Morgan fingerprint density at radius 3 is 2.45 bits per heavy atom. The molecule has 2 unspecified atom stereocenters. The van der Waals surface area contributed by atoms with Crippen LogP contribution in [0, 0.1) is 11.8 Å². The highest BCUT2D eigenvalue weighted by atomic mass is 16.2. The topological polar surface area (TPSA) is 61.4 Å². The molecule has 2 N–H and O–H groups in total. The first kappa shape index (κ1) is 13.3. The van der Waals surface area contributed by atoms with E-state index in [0.717, 1.165) is 26.2 Å². The molecular weight excluding hydrogens is 254 g/mol. The summed E-state index contributed by atoms with van der Waals surface area (Å²) in [5.41, 5.74) is 0.517. The van der Waals surface area contributed by atoms with E-state index in [0.29, 0.717) is 23.9 Å². The van der Waals surface area contributed by atoms with Gasteiger partial charge in [0, 0.05) is 18.7 Å². The summed E-state index contributed by atoms with van der Waals surface area (Å²) in [6, 6.07) is 8.82. The summed E-state index contributed by atoms with van der Waals surface area (Å²) in [4.78, 5) is 25.9. The molecule has 3 rings (SSSR count). The molecule has 5 heteroatoms. The summed E-state index contributed by atoms with van der Waals surface area (Å²) >= 11 is 0. The van der Waals surface area contributed by atoms with E-state index in [1.807, 2.05) is 6.07 Å². The molecule has 1 aromatic rings. The average molecular weight is 273 g/mol. The fourth-order valence-corrected chi connectivity index (χ4v) is 3.11. The maximum Gasteiger partial charge on any atom is 0.257 e. The smallest absolute Gasteiger partial charge is 0.257 e. The van der Waals surface area contributed by atoms with E-state index in [-0.39, 0.29) is 11.8 Å². The summed E-state index contributed by atoms with van der Waals surface area (Å²) in [5.74, 6) is 0.781. The third-order valence-electron chi connectivity index (χ3n) is 4.12.